The monoisotopic (exact) mass is 354 g/mol. The normalized spacial score (nSPS) is 25.0. The van der Waals surface area contributed by atoms with Crippen LogP contribution in [-0.2, 0) is 14.3 Å². The largest absolute Gasteiger partial charge is 0.460 e. The SMILES string of the molecule is CCC(OC(C)=O)[C@@H]1C[C@@H](O)C(n2c(=O)sc3cnc(N)nc32)O1. The summed E-state index contributed by atoms with van der Waals surface area (Å²) in [6, 6.07) is 0. The van der Waals surface area contributed by atoms with E-state index in [0.717, 1.165) is 11.3 Å². The second-order valence-electron chi connectivity index (χ2n) is 5.58. The van der Waals surface area contributed by atoms with E-state index < -0.39 is 30.5 Å². The molecule has 1 saturated heterocycles. The van der Waals surface area contributed by atoms with Crippen LogP contribution in [0, 0.1) is 0 Å². The highest BCUT2D eigenvalue weighted by Crippen LogP contribution is 2.33. The molecule has 130 valence electrons. The van der Waals surface area contributed by atoms with E-state index in [1.807, 2.05) is 6.92 Å². The number of carbonyl (C=O) groups excluding carboxylic acids is 1. The summed E-state index contributed by atoms with van der Waals surface area (Å²) >= 11 is 0.953. The standard InChI is InChI=1S/C14H18N4O5S/c1-3-8(22-6(2)19)9-4-7(20)12(23-9)18-11-10(24-14(18)21)5-16-13(15)17-11/h5,7-9,12,20H,3-4H2,1-2H3,(H2,15,16,17)/t7-,8?,9+,12?/m1/s1. The number of hydrogen-bond donors (Lipinski definition) is 2. The number of nitrogen functional groups attached to an aromatic ring is 1. The first kappa shape index (κ1) is 16.8. The number of nitrogens with zero attached hydrogens (tertiary/aromatic N) is 3. The molecule has 0 amide bonds. The van der Waals surface area contributed by atoms with E-state index in [1.165, 1.54) is 17.7 Å². The molecule has 0 bridgehead atoms. The number of aliphatic hydroxyl groups excluding tert-OH is 1. The van der Waals surface area contributed by atoms with Crippen molar-refractivity contribution in [1.82, 2.24) is 14.5 Å². The number of thiazole rings is 1. The molecule has 4 atom stereocenters. The van der Waals surface area contributed by atoms with Crippen molar-refractivity contribution in [3.63, 3.8) is 0 Å². The van der Waals surface area contributed by atoms with E-state index in [-0.39, 0.29) is 17.2 Å². The zero-order valence-electron chi connectivity index (χ0n) is 13.2. The molecule has 1 aliphatic heterocycles. The number of carbonyl (C=O) groups is 1. The van der Waals surface area contributed by atoms with Gasteiger partial charge in [-0.15, -0.1) is 0 Å². The number of aliphatic hydroxyl groups is 1. The van der Waals surface area contributed by atoms with Gasteiger partial charge in [0.25, 0.3) is 0 Å². The van der Waals surface area contributed by atoms with Gasteiger partial charge in [-0.05, 0) is 6.42 Å². The minimum absolute atomic E-state index is 0.0319. The van der Waals surface area contributed by atoms with E-state index in [4.69, 9.17) is 15.2 Å². The van der Waals surface area contributed by atoms with Crippen molar-refractivity contribution >= 4 is 33.6 Å². The molecule has 3 rings (SSSR count). The molecule has 1 aliphatic rings. The third kappa shape index (κ3) is 2.99. The number of rotatable bonds is 4. The van der Waals surface area contributed by atoms with Crippen LogP contribution in [0.15, 0.2) is 11.0 Å². The van der Waals surface area contributed by atoms with Crippen molar-refractivity contribution < 1.29 is 19.4 Å². The lowest BCUT2D eigenvalue weighted by Gasteiger charge is -2.22. The van der Waals surface area contributed by atoms with Crippen molar-refractivity contribution in [1.29, 1.82) is 0 Å². The third-order valence-electron chi connectivity index (χ3n) is 3.88. The summed E-state index contributed by atoms with van der Waals surface area (Å²) in [7, 11) is 0. The summed E-state index contributed by atoms with van der Waals surface area (Å²) in [5, 5.41) is 10.4. The van der Waals surface area contributed by atoms with E-state index in [1.54, 1.807) is 0 Å². The molecule has 24 heavy (non-hydrogen) atoms. The smallest absolute Gasteiger partial charge is 0.311 e. The number of fused-ring (bicyclic) bond motifs is 1. The van der Waals surface area contributed by atoms with Crippen LogP contribution in [0.5, 0.6) is 0 Å². The van der Waals surface area contributed by atoms with Crippen LogP contribution in [0.2, 0.25) is 0 Å². The molecule has 0 saturated carbocycles. The predicted molar refractivity (Wildman–Crippen MR) is 86.5 cm³/mol. The predicted octanol–water partition coefficient (Wildman–Crippen LogP) is 0.425. The molecule has 0 aromatic carbocycles. The van der Waals surface area contributed by atoms with Gasteiger partial charge in [0, 0.05) is 13.3 Å². The highest BCUT2D eigenvalue weighted by atomic mass is 32.1. The van der Waals surface area contributed by atoms with Gasteiger partial charge in [-0.1, -0.05) is 18.3 Å². The zero-order valence-corrected chi connectivity index (χ0v) is 14.0. The summed E-state index contributed by atoms with van der Waals surface area (Å²) in [5.74, 6) is -0.383. The van der Waals surface area contributed by atoms with Crippen LogP contribution >= 0.6 is 11.3 Å². The van der Waals surface area contributed by atoms with Crippen molar-refractivity contribution in [3.8, 4) is 0 Å². The maximum Gasteiger partial charge on any atom is 0.311 e. The molecule has 3 heterocycles. The molecule has 9 nitrogen and oxygen atoms in total. The van der Waals surface area contributed by atoms with E-state index in [9.17, 15) is 14.7 Å². The molecule has 2 aromatic rings. The highest BCUT2D eigenvalue weighted by molar-refractivity contribution is 7.16. The molecular formula is C14H18N4O5S. The van der Waals surface area contributed by atoms with Gasteiger partial charge in [0.2, 0.25) is 5.95 Å². The fourth-order valence-corrected chi connectivity index (χ4v) is 3.68. The van der Waals surface area contributed by atoms with Gasteiger partial charge in [0.1, 0.15) is 12.2 Å². The summed E-state index contributed by atoms with van der Waals surface area (Å²) in [6.45, 7) is 3.18. The molecule has 0 spiro atoms. The lowest BCUT2D eigenvalue weighted by atomic mass is 10.1. The Morgan fingerprint density at radius 3 is 3.08 bits per heavy atom. The van der Waals surface area contributed by atoms with Gasteiger partial charge in [-0.25, -0.2) is 4.98 Å². The Morgan fingerprint density at radius 1 is 1.67 bits per heavy atom. The van der Waals surface area contributed by atoms with E-state index in [0.29, 0.717) is 16.8 Å². The third-order valence-corrected chi connectivity index (χ3v) is 4.76. The molecule has 10 heteroatoms. The Hall–Kier alpha value is -2.04. The number of nitrogens with two attached hydrogens (primary N) is 1. The number of aromatic nitrogens is 3. The average Bonchev–Trinajstić information content (AvgIpc) is 3.03. The van der Waals surface area contributed by atoms with Crippen molar-refractivity contribution in [3.05, 3.63) is 15.9 Å². The maximum atomic E-state index is 12.3. The average molecular weight is 354 g/mol. The first-order chi connectivity index (χ1) is 11.4. The summed E-state index contributed by atoms with van der Waals surface area (Å²) in [4.78, 5) is 31.1. The minimum Gasteiger partial charge on any atom is -0.460 e. The molecule has 2 unspecified atom stereocenters. The number of anilines is 1. The van der Waals surface area contributed by atoms with Crippen LogP contribution in [0.4, 0.5) is 5.95 Å². The summed E-state index contributed by atoms with van der Waals surface area (Å²) in [5.41, 5.74) is 5.92. The van der Waals surface area contributed by atoms with Crippen molar-refractivity contribution in [2.45, 2.75) is 51.2 Å². The Labute approximate surface area is 141 Å². The van der Waals surface area contributed by atoms with Gasteiger partial charge in [-0.3, -0.25) is 14.2 Å². The molecule has 0 radical (unpaired) electrons. The van der Waals surface area contributed by atoms with Crippen molar-refractivity contribution in [2.24, 2.45) is 0 Å². The fraction of sp³-hybridized carbons (Fsp3) is 0.571. The Balaban J connectivity index is 1.93. The summed E-state index contributed by atoms with van der Waals surface area (Å²) < 4.78 is 12.9. The first-order valence-electron chi connectivity index (χ1n) is 7.55. The highest BCUT2D eigenvalue weighted by Gasteiger charge is 2.41. The van der Waals surface area contributed by atoms with Gasteiger partial charge >= 0.3 is 10.8 Å². The Kier molecular flexibility index (Phi) is 4.52. The van der Waals surface area contributed by atoms with E-state index in [2.05, 4.69) is 9.97 Å². The summed E-state index contributed by atoms with van der Waals surface area (Å²) in [6.07, 6.45) is -0.560. The second-order valence-corrected chi connectivity index (χ2v) is 6.57. The number of ether oxygens (including phenoxy) is 2. The van der Waals surface area contributed by atoms with Gasteiger partial charge in [0.15, 0.2) is 11.9 Å². The van der Waals surface area contributed by atoms with Crippen LogP contribution < -0.4 is 10.6 Å². The number of hydrogen-bond acceptors (Lipinski definition) is 9. The lowest BCUT2D eigenvalue weighted by Crippen LogP contribution is -2.31. The maximum absolute atomic E-state index is 12.3. The molecule has 0 aliphatic carbocycles. The molecule has 3 N–H and O–H groups in total. The van der Waals surface area contributed by atoms with Crippen LogP contribution in [-0.4, -0.2) is 43.9 Å². The van der Waals surface area contributed by atoms with Gasteiger partial charge in [0.05, 0.1) is 17.0 Å². The lowest BCUT2D eigenvalue weighted by molar-refractivity contribution is -0.156. The molecule has 2 aromatic heterocycles. The second kappa shape index (κ2) is 6.46. The quantitative estimate of drug-likeness (QED) is 0.756. The Bertz CT molecular complexity index is 819. The zero-order chi connectivity index (χ0) is 17.4. The Morgan fingerprint density at radius 2 is 2.42 bits per heavy atom. The molecule has 1 fully saturated rings. The van der Waals surface area contributed by atoms with Crippen LogP contribution in [0.3, 0.4) is 0 Å². The van der Waals surface area contributed by atoms with Crippen LogP contribution in [0.25, 0.3) is 10.3 Å². The number of esters is 1. The molecular weight excluding hydrogens is 336 g/mol. The van der Waals surface area contributed by atoms with Crippen LogP contribution in [0.1, 0.15) is 32.9 Å². The van der Waals surface area contributed by atoms with E-state index >= 15 is 0 Å². The van der Waals surface area contributed by atoms with Gasteiger partial charge in [-0.2, -0.15) is 4.98 Å². The first-order valence-corrected chi connectivity index (χ1v) is 8.36. The fourth-order valence-electron chi connectivity index (χ4n) is 2.86. The van der Waals surface area contributed by atoms with Gasteiger partial charge < -0.3 is 20.3 Å². The minimum atomic E-state index is -0.925. The topological polar surface area (TPSA) is 130 Å². The van der Waals surface area contributed by atoms with Crippen molar-refractivity contribution in [2.75, 3.05) is 5.73 Å².